The number of nitrogens with one attached hydrogen (secondary N) is 2. The Labute approximate surface area is 157 Å². The van der Waals surface area contributed by atoms with Gasteiger partial charge < -0.3 is 10.6 Å². The zero-order chi connectivity index (χ0) is 18.6. The lowest BCUT2D eigenvalue weighted by Gasteiger charge is -2.09. The van der Waals surface area contributed by atoms with Gasteiger partial charge in [-0.15, -0.1) is 0 Å². The van der Waals surface area contributed by atoms with Crippen molar-refractivity contribution in [2.45, 2.75) is 6.92 Å². The standard InChI is InChI=1S/C22H18N4O/c1-15-5-2-8-18(13-15)25-22(27)17-10-11-20(24-14-17)26-19-9-3-6-16-7-4-12-23-21(16)19/h2-14H,1H3,(H,24,26)(H,25,27). The number of pyridine rings is 2. The average molecular weight is 354 g/mol. The molecule has 0 aliphatic carbocycles. The van der Waals surface area contributed by atoms with Crippen LogP contribution in [-0.2, 0) is 0 Å². The molecule has 2 aromatic heterocycles. The van der Waals surface area contributed by atoms with Gasteiger partial charge >= 0.3 is 0 Å². The summed E-state index contributed by atoms with van der Waals surface area (Å²) in [6.07, 6.45) is 3.33. The Hall–Kier alpha value is -3.73. The molecule has 0 aliphatic rings. The van der Waals surface area contributed by atoms with Crippen LogP contribution in [0.4, 0.5) is 17.2 Å². The smallest absolute Gasteiger partial charge is 0.257 e. The van der Waals surface area contributed by atoms with Crippen LogP contribution in [0.5, 0.6) is 0 Å². The molecule has 27 heavy (non-hydrogen) atoms. The zero-order valence-corrected chi connectivity index (χ0v) is 14.8. The Bertz CT molecular complexity index is 1100. The third kappa shape index (κ3) is 3.77. The number of rotatable bonds is 4. The fourth-order valence-electron chi connectivity index (χ4n) is 2.87. The second kappa shape index (κ2) is 7.25. The summed E-state index contributed by atoms with van der Waals surface area (Å²) in [6.45, 7) is 1.99. The molecule has 5 heteroatoms. The first-order valence-electron chi connectivity index (χ1n) is 8.64. The molecular formula is C22H18N4O. The molecule has 2 N–H and O–H groups in total. The van der Waals surface area contributed by atoms with Crippen molar-refractivity contribution >= 4 is 34.0 Å². The molecule has 0 unspecified atom stereocenters. The predicted molar refractivity (Wildman–Crippen MR) is 108 cm³/mol. The van der Waals surface area contributed by atoms with Gasteiger partial charge in [0.05, 0.1) is 16.8 Å². The minimum absolute atomic E-state index is 0.188. The van der Waals surface area contributed by atoms with E-state index in [9.17, 15) is 4.79 Å². The number of nitrogens with zero attached hydrogens (tertiary/aromatic N) is 2. The molecule has 0 saturated heterocycles. The van der Waals surface area contributed by atoms with E-state index in [1.807, 2.05) is 61.5 Å². The molecule has 132 valence electrons. The van der Waals surface area contributed by atoms with Crippen LogP contribution in [0, 0.1) is 6.92 Å². The average Bonchev–Trinajstić information content (AvgIpc) is 2.69. The topological polar surface area (TPSA) is 66.9 Å². The van der Waals surface area contributed by atoms with Crippen LogP contribution in [0.2, 0.25) is 0 Å². The lowest BCUT2D eigenvalue weighted by molar-refractivity contribution is 0.102. The van der Waals surface area contributed by atoms with Gasteiger partial charge in [0.1, 0.15) is 5.82 Å². The van der Waals surface area contributed by atoms with Crippen LogP contribution in [0.25, 0.3) is 10.9 Å². The fourth-order valence-corrected chi connectivity index (χ4v) is 2.87. The Morgan fingerprint density at radius 2 is 1.78 bits per heavy atom. The highest BCUT2D eigenvalue weighted by Gasteiger charge is 2.08. The molecule has 0 spiro atoms. The number of aromatic nitrogens is 2. The number of fused-ring (bicyclic) bond motifs is 1. The van der Waals surface area contributed by atoms with Gasteiger partial charge in [0.25, 0.3) is 5.91 Å². The highest BCUT2D eigenvalue weighted by atomic mass is 16.1. The number of para-hydroxylation sites is 1. The summed E-state index contributed by atoms with van der Waals surface area (Å²) in [6, 6.07) is 21.1. The third-order valence-electron chi connectivity index (χ3n) is 4.20. The van der Waals surface area contributed by atoms with Crippen LogP contribution >= 0.6 is 0 Å². The van der Waals surface area contributed by atoms with Gasteiger partial charge in [-0.3, -0.25) is 9.78 Å². The second-order valence-corrected chi connectivity index (χ2v) is 6.26. The molecule has 0 bridgehead atoms. The molecule has 4 aromatic rings. The van der Waals surface area contributed by atoms with Crippen molar-refractivity contribution in [2.24, 2.45) is 0 Å². The molecular weight excluding hydrogens is 336 g/mol. The minimum atomic E-state index is -0.188. The van der Waals surface area contributed by atoms with E-state index >= 15 is 0 Å². The van der Waals surface area contributed by atoms with Crippen molar-refractivity contribution in [2.75, 3.05) is 10.6 Å². The van der Waals surface area contributed by atoms with Crippen LogP contribution in [0.3, 0.4) is 0 Å². The van der Waals surface area contributed by atoms with E-state index in [0.717, 1.165) is 27.8 Å². The summed E-state index contributed by atoms with van der Waals surface area (Å²) in [7, 11) is 0. The quantitative estimate of drug-likeness (QED) is 0.545. The van der Waals surface area contributed by atoms with E-state index in [4.69, 9.17) is 0 Å². The largest absolute Gasteiger partial charge is 0.338 e. The van der Waals surface area contributed by atoms with Crippen molar-refractivity contribution in [1.29, 1.82) is 0 Å². The van der Waals surface area contributed by atoms with E-state index in [0.29, 0.717) is 11.4 Å². The summed E-state index contributed by atoms with van der Waals surface area (Å²) in [5, 5.41) is 7.20. The summed E-state index contributed by atoms with van der Waals surface area (Å²) in [5.74, 6) is 0.465. The maximum atomic E-state index is 12.4. The van der Waals surface area contributed by atoms with Gasteiger partial charge in [-0.05, 0) is 48.9 Å². The second-order valence-electron chi connectivity index (χ2n) is 6.26. The first-order valence-corrected chi connectivity index (χ1v) is 8.64. The maximum Gasteiger partial charge on any atom is 0.257 e. The van der Waals surface area contributed by atoms with E-state index < -0.39 is 0 Å². The number of amides is 1. The molecule has 5 nitrogen and oxygen atoms in total. The van der Waals surface area contributed by atoms with Crippen molar-refractivity contribution < 1.29 is 4.79 Å². The Kier molecular flexibility index (Phi) is 4.49. The molecule has 0 aliphatic heterocycles. The van der Waals surface area contributed by atoms with E-state index in [1.54, 1.807) is 24.5 Å². The highest BCUT2D eigenvalue weighted by molar-refractivity contribution is 6.04. The molecule has 2 heterocycles. The number of carbonyl (C=O) groups excluding carboxylic acids is 1. The van der Waals surface area contributed by atoms with Crippen LogP contribution < -0.4 is 10.6 Å². The summed E-state index contributed by atoms with van der Waals surface area (Å²) < 4.78 is 0. The summed E-state index contributed by atoms with van der Waals surface area (Å²) in [5.41, 5.74) is 4.11. The molecule has 0 atom stereocenters. The maximum absolute atomic E-state index is 12.4. The Morgan fingerprint density at radius 1 is 0.926 bits per heavy atom. The SMILES string of the molecule is Cc1cccc(NC(=O)c2ccc(Nc3cccc4cccnc34)nc2)c1. The van der Waals surface area contributed by atoms with Gasteiger partial charge in [0.2, 0.25) is 0 Å². The molecule has 0 radical (unpaired) electrons. The number of hydrogen-bond donors (Lipinski definition) is 2. The summed E-state index contributed by atoms with van der Waals surface area (Å²) in [4.78, 5) is 21.2. The van der Waals surface area contributed by atoms with Gasteiger partial charge in [0, 0.05) is 23.5 Å². The lowest BCUT2D eigenvalue weighted by atomic mass is 10.2. The fraction of sp³-hybridized carbons (Fsp3) is 0.0455. The first-order chi connectivity index (χ1) is 13.2. The molecule has 0 saturated carbocycles. The van der Waals surface area contributed by atoms with Gasteiger partial charge in [-0.1, -0.05) is 30.3 Å². The van der Waals surface area contributed by atoms with Crippen LogP contribution in [0.15, 0.2) is 79.1 Å². The van der Waals surface area contributed by atoms with Crippen LogP contribution in [0.1, 0.15) is 15.9 Å². The predicted octanol–water partition coefficient (Wildman–Crippen LogP) is 4.93. The Balaban J connectivity index is 1.51. The monoisotopic (exact) mass is 354 g/mol. The van der Waals surface area contributed by atoms with Gasteiger partial charge in [-0.25, -0.2) is 4.98 Å². The number of carbonyl (C=O) groups is 1. The van der Waals surface area contributed by atoms with Crippen molar-refractivity contribution in [1.82, 2.24) is 9.97 Å². The number of hydrogen-bond acceptors (Lipinski definition) is 4. The lowest BCUT2D eigenvalue weighted by Crippen LogP contribution is -2.12. The first kappa shape index (κ1) is 16.7. The van der Waals surface area contributed by atoms with Crippen molar-refractivity contribution in [3.05, 3.63) is 90.3 Å². The molecule has 1 amide bonds. The molecule has 0 fully saturated rings. The van der Waals surface area contributed by atoms with E-state index in [2.05, 4.69) is 20.6 Å². The molecule has 4 rings (SSSR count). The normalized spacial score (nSPS) is 10.6. The van der Waals surface area contributed by atoms with Gasteiger partial charge in [-0.2, -0.15) is 0 Å². The molecule has 2 aromatic carbocycles. The van der Waals surface area contributed by atoms with Crippen LogP contribution in [-0.4, -0.2) is 15.9 Å². The number of benzene rings is 2. The van der Waals surface area contributed by atoms with Crippen molar-refractivity contribution in [3.63, 3.8) is 0 Å². The minimum Gasteiger partial charge on any atom is -0.338 e. The van der Waals surface area contributed by atoms with Crippen molar-refractivity contribution in [3.8, 4) is 0 Å². The van der Waals surface area contributed by atoms with Gasteiger partial charge in [0.15, 0.2) is 0 Å². The summed E-state index contributed by atoms with van der Waals surface area (Å²) >= 11 is 0. The highest BCUT2D eigenvalue weighted by Crippen LogP contribution is 2.23. The number of aryl methyl sites for hydroxylation is 1. The Morgan fingerprint density at radius 3 is 2.59 bits per heavy atom. The van der Waals surface area contributed by atoms with E-state index in [-0.39, 0.29) is 5.91 Å². The number of anilines is 3. The van der Waals surface area contributed by atoms with E-state index in [1.165, 1.54) is 0 Å². The zero-order valence-electron chi connectivity index (χ0n) is 14.8. The third-order valence-corrected chi connectivity index (χ3v) is 4.20.